The normalized spacial score (nSPS) is 11.3. The molecule has 0 fully saturated rings. The van der Waals surface area contributed by atoms with Crippen LogP contribution in [-0.4, -0.2) is 12.0 Å². The van der Waals surface area contributed by atoms with Gasteiger partial charge in [0, 0.05) is 5.56 Å². The number of rotatable bonds is 2. The molecule has 6 heteroatoms. The first-order valence-electron chi connectivity index (χ1n) is 3.51. The van der Waals surface area contributed by atoms with E-state index in [0.717, 1.165) is 12.1 Å². The largest absolute Gasteiger partial charge is 0.509 e. The minimum Gasteiger partial charge on any atom is -0.445 e. The summed E-state index contributed by atoms with van der Waals surface area (Å²) >= 11 is 4.56. The summed E-state index contributed by atoms with van der Waals surface area (Å²) in [5, 5.41) is 0. The third-order valence-electron chi connectivity index (χ3n) is 1.55. The Kier molecular flexibility index (Phi) is 2.61. The van der Waals surface area contributed by atoms with Crippen molar-refractivity contribution < 1.29 is 12.9 Å². The molecule has 0 atom stereocenters. The van der Waals surface area contributed by atoms with Crippen LogP contribution >= 0.6 is 12.2 Å². The zero-order valence-electron chi connectivity index (χ0n) is 6.51. The van der Waals surface area contributed by atoms with Crippen molar-refractivity contribution in [2.75, 3.05) is 0 Å². The molecule has 0 saturated carbocycles. The van der Waals surface area contributed by atoms with Crippen LogP contribution in [0.5, 0.6) is 0 Å². The van der Waals surface area contributed by atoms with E-state index < -0.39 is 12.4 Å². The molecule has 0 heterocycles. The molecule has 0 amide bonds. The van der Waals surface area contributed by atoms with Gasteiger partial charge in [-0.1, -0.05) is 36.5 Å². The Morgan fingerprint density at radius 1 is 1.31 bits per heavy atom. The SMILES string of the molecule is NC(=S)c1cccc([B-](F)(F)F)c1. The first-order valence-corrected chi connectivity index (χ1v) is 3.92. The topological polar surface area (TPSA) is 26.0 Å². The number of nitrogens with two attached hydrogens (primary N) is 1. The van der Waals surface area contributed by atoms with Crippen LogP contribution in [0.3, 0.4) is 0 Å². The standard InChI is InChI=1S/C7H6BF3NS/c9-8(10,11)6-3-1-2-5(4-6)7(12)13/h1-4H,(H2,12,13)/q-1. The predicted octanol–water partition coefficient (Wildman–Crippen LogP) is 1.38. The molecule has 0 aliphatic rings. The maximum atomic E-state index is 12.2. The van der Waals surface area contributed by atoms with E-state index in [1.165, 1.54) is 12.1 Å². The summed E-state index contributed by atoms with van der Waals surface area (Å²) in [6.45, 7) is -4.97. The summed E-state index contributed by atoms with van der Waals surface area (Å²) in [5.74, 6) is 0. The van der Waals surface area contributed by atoms with Crippen molar-refractivity contribution in [3.05, 3.63) is 29.8 Å². The lowest BCUT2D eigenvalue weighted by atomic mass is 9.79. The summed E-state index contributed by atoms with van der Waals surface area (Å²) in [7, 11) is 0. The lowest BCUT2D eigenvalue weighted by Crippen LogP contribution is -2.34. The molecule has 0 aromatic heterocycles. The van der Waals surface area contributed by atoms with E-state index in [1.54, 1.807) is 0 Å². The summed E-state index contributed by atoms with van der Waals surface area (Å²) < 4.78 is 36.6. The van der Waals surface area contributed by atoms with Gasteiger partial charge >= 0.3 is 6.98 Å². The molecule has 70 valence electrons. The number of hydrogen-bond donors (Lipinski definition) is 1. The summed E-state index contributed by atoms with van der Waals surface area (Å²) in [6, 6.07) is 4.71. The summed E-state index contributed by atoms with van der Waals surface area (Å²) in [5.41, 5.74) is 4.76. The maximum absolute atomic E-state index is 12.2. The summed E-state index contributed by atoms with van der Waals surface area (Å²) in [6.07, 6.45) is 0. The van der Waals surface area contributed by atoms with Crippen molar-refractivity contribution in [1.82, 2.24) is 0 Å². The molecule has 1 aromatic carbocycles. The van der Waals surface area contributed by atoms with Crippen molar-refractivity contribution in [3.63, 3.8) is 0 Å². The minimum atomic E-state index is -4.97. The molecule has 2 N–H and O–H groups in total. The van der Waals surface area contributed by atoms with Crippen LogP contribution in [0.25, 0.3) is 0 Å². The first kappa shape index (κ1) is 10.0. The molecular formula is C7H6BF3NS-. The number of halogens is 3. The highest BCUT2D eigenvalue weighted by atomic mass is 32.1. The highest BCUT2D eigenvalue weighted by Gasteiger charge is 2.25. The van der Waals surface area contributed by atoms with Crippen molar-refractivity contribution in [1.29, 1.82) is 0 Å². The molecule has 1 rings (SSSR count). The zero-order chi connectivity index (χ0) is 10.1. The third kappa shape index (κ3) is 2.45. The van der Waals surface area contributed by atoms with Crippen LogP contribution < -0.4 is 11.2 Å². The van der Waals surface area contributed by atoms with Crippen molar-refractivity contribution >= 4 is 29.6 Å². The second kappa shape index (κ2) is 3.37. The summed E-state index contributed by atoms with van der Waals surface area (Å²) in [4.78, 5) is -0.0260. The van der Waals surface area contributed by atoms with Gasteiger partial charge in [-0.3, -0.25) is 0 Å². The van der Waals surface area contributed by atoms with Crippen molar-refractivity contribution in [3.8, 4) is 0 Å². The average molecular weight is 204 g/mol. The van der Waals surface area contributed by atoms with Crippen molar-refractivity contribution in [2.24, 2.45) is 5.73 Å². The molecule has 0 unspecified atom stereocenters. The van der Waals surface area contributed by atoms with Crippen LogP contribution in [-0.2, 0) is 0 Å². The molecule has 0 bridgehead atoms. The Balaban J connectivity index is 3.13. The maximum Gasteiger partial charge on any atom is 0.509 e. The molecule has 0 spiro atoms. The van der Waals surface area contributed by atoms with E-state index in [1.807, 2.05) is 0 Å². The van der Waals surface area contributed by atoms with Gasteiger partial charge in [0.25, 0.3) is 0 Å². The van der Waals surface area contributed by atoms with Gasteiger partial charge in [-0.15, -0.1) is 5.46 Å². The van der Waals surface area contributed by atoms with E-state index in [0.29, 0.717) is 0 Å². The smallest absolute Gasteiger partial charge is 0.445 e. The number of hydrogen-bond acceptors (Lipinski definition) is 1. The Morgan fingerprint density at radius 3 is 2.38 bits per heavy atom. The highest BCUT2D eigenvalue weighted by Crippen LogP contribution is 2.09. The zero-order valence-corrected chi connectivity index (χ0v) is 7.32. The quantitative estimate of drug-likeness (QED) is 0.581. The molecule has 0 aliphatic carbocycles. The first-order chi connectivity index (χ1) is 5.91. The van der Waals surface area contributed by atoms with E-state index >= 15 is 0 Å². The molecule has 0 saturated heterocycles. The van der Waals surface area contributed by atoms with Gasteiger partial charge in [-0.05, 0) is 0 Å². The van der Waals surface area contributed by atoms with Gasteiger partial charge in [-0.2, -0.15) is 0 Å². The monoisotopic (exact) mass is 204 g/mol. The molecule has 0 aliphatic heterocycles. The fraction of sp³-hybridized carbons (Fsp3) is 0. The van der Waals surface area contributed by atoms with E-state index in [-0.39, 0.29) is 10.6 Å². The highest BCUT2D eigenvalue weighted by molar-refractivity contribution is 7.80. The number of benzene rings is 1. The molecule has 1 nitrogen and oxygen atoms in total. The van der Waals surface area contributed by atoms with E-state index in [9.17, 15) is 12.9 Å². The number of thiocarbonyl (C=S) groups is 1. The van der Waals surface area contributed by atoms with Gasteiger partial charge < -0.3 is 18.7 Å². The van der Waals surface area contributed by atoms with Gasteiger partial charge in [0.15, 0.2) is 0 Å². The third-order valence-corrected chi connectivity index (χ3v) is 1.78. The Bertz CT molecular complexity index is 337. The lowest BCUT2D eigenvalue weighted by Gasteiger charge is -2.15. The van der Waals surface area contributed by atoms with E-state index in [4.69, 9.17) is 5.73 Å². The second-order valence-corrected chi connectivity index (χ2v) is 3.00. The fourth-order valence-corrected chi connectivity index (χ4v) is 1.02. The molecule has 0 radical (unpaired) electrons. The van der Waals surface area contributed by atoms with Gasteiger partial charge in [-0.25, -0.2) is 0 Å². The van der Waals surface area contributed by atoms with Crippen molar-refractivity contribution in [2.45, 2.75) is 0 Å². The van der Waals surface area contributed by atoms with Gasteiger partial charge in [0.2, 0.25) is 0 Å². The lowest BCUT2D eigenvalue weighted by molar-refractivity contribution is 0.501. The van der Waals surface area contributed by atoms with Crippen LogP contribution in [0, 0.1) is 0 Å². The second-order valence-electron chi connectivity index (χ2n) is 2.56. The predicted molar refractivity (Wildman–Crippen MR) is 51.0 cm³/mol. The molecule has 1 aromatic rings. The van der Waals surface area contributed by atoms with Gasteiger partial charge in [0.1, 0.15) is 4.99 Å². The van der Waals surface area contributed by atoms with Crippen LogP contribution in [0.2, 0.25) is 0 Å². The van der Waals surface area contributed by atoms with Crippen LogP contribution in [0.4, 0.5) is 12.9 Å². The fourth-order valence-electron chi connectivity index (χ4n) is 0.896. The average Bonchev–Trinajstić information content (AvgIpc) is 2.03. The Morgan fingerprint density at radius 2 is 1.92 bits per heavy atom. The van der Waals surface area contributed by atoms with Crippen LogP contribution in [0.15, 0.2) is 24.3 Å². The van der Waals surface area contributed by atoms with E-state index in [2.05, 4.69) is 12.2 Å². The molecular weight excluding hydrogens is 198 g/mol. The van der Waals surface area contributed by atoms with Crippen LogP contribution in [0.1, 0.15) is 5.56 Å². The Hall–Kier alpha value is -1.04. The van der Waals surface area contributed by atoms with Gasteiger partial charge in [0.05, 0.1) is 0 Å². The minimum absolute atomic E-state index is 0.0260. The Labute approximate surface area is 78.8 Å². The molecule has 13 heavy (non-hydrogen) atoms.